The predicted molar refractivity (Wildman–Crippen MR) is 99.0 cm³/mol. The van der Waals surface area contributed by atoms with Crippen LogP contribution in [0.5, 0.6) is 0 Å². The van der Waals surface area contributed by atoms with Gasteiger partial charge in [-0.05, 0) is 75.0 Å². The third-order valence-electron chi connectivity index (χ3n) is 7.09. The molecule has 1 heterocycles. The highest BCUT2D eigenvalue weighted by molar-refractivity contribution is 6.22. The van der Waals surface area contributed by atoms with Crippen molar-refractivity contribution < 1.29 is 19.1 Å². The van der Waals surface area contributed by atoms with Gasteiger partial charge in [0, 0.05) is 0 Å². The van der Waals surface area contributed by atoms with Gasteiger partial charge in [-0.1, -0.05) is 12.5 Å². The van der Waals surface area contributed by atoms with Crippen molar-refractivity contribution in [1.29, 1.82) is 0 Å². The van der Waals surface area contributed by atoms with Gasteiger partial charge in [-0.25, -0.2) is 4.79 Å². The monoisotopic (exact) mass is 367 g/mol. The third kappa shape index (κ3) is 2.70. The second kappa shape index (κ2) is 6.47. The quantitative estimate of drug-likeness (QED) is 0.603. The van der Waals surface area contributed by atoms with Crippen LogP contribution in [0.3, 0.4) is 0 Å². The van der Waals surface area contributed by atoms with Crippen molar-refractivity contribution >= 4 is 23.5 Å². The van der Waals surface area contributed by atoms with E-state index in [0.29, 0.717) is 23.1 Å². The average molecular weight is 367 g/mol. The molecular weight excluding hydrogens is 342 g/mol. The van der Waals surface area contributed by atoms with Gasteiger partial charge in [0.1, 0.15) is 6.10 Å². The largest absolute Gasteiger partial charge is 0.459 e. The summed E-state index contributed by atoms with van der Waals surface area (Å²) in [7, 11) is 0. The van der Waals surface area contributed by atoms with E-state index in [-0.39, 0.29) is 35.7 Å². The maximum Gasteiger partial charge on any atom is 0.338 e. The average Bonchev–Trinajstić information content (AvgIpc) is 3.36. The first kappa shape index (κ1) is 17.0. The number of hydrogen-bond acceptors (Lipinski definition) is 4. The van der Waals surface area contributed by atoms with Crippen LogP contribution >= 0.6 is 0 Å². The molecule has 4 unspecified atom stereocenters. The number of rotatable bonds is 3. The summed E-state index contributed by atoms with van der Waals surface area (Å²) in [6.07, 6.45) is 8.36. The maximum absolute atomic E-state index is 13.0. The number of anilines is 1. The molecule has 3 aliphatic carbocycles. The van der Waals surface area contributed by atoms with Crippen molar-refractivity contribution in [1.82, 2.24) is 0 Å². The van der Waals surface area contributed by atoms with Crippen LogP contribution in [-0.4, -0.2) is 23.9 Å². The molecule has 4 atom stereocenters. The minimum absolute atomic E-state index is 0.0139. The van der Waals surface area contributed by atoms with Gasteiger partial charge in [0.25, 0.3) is 0 Å². The number of nitrogens with zero attached hydrogens (tertiary/aromatic N) is 1. The number of carbonyl (C=O) groups is 3. The van der Waals surface area contributed by atoms with E-state index in [1.165, 1.54) is 11.3 Å². The number of imide groups is 1. The molecule has 5 rings (SSSR count). The lowest BCUT2D eigenvalue weighted by Gasteiger charge is -2.22. The molecule has 1 saturated heterocycles. The Morgan fingerprint density at radius 2 is 1.59 bits per heavy atom. The maximum atomic E-state index is 13.0. The first-order valence-electron chi connectivity index (χ1n) is 10.3. The molecule has 4 fully saturated rings. The minimum atomic E-state index is -0.358. The smallest absolute Gasteiger partial charge is 0.338 e. The summed E-state index contributed by atoms with van der Waals surface area (Å²) in [5.41, 5.74) is 0.926. The van der Waals surface area contributed by atoms with Crippen LogP contribution in [-0.2, 0) is 14.3 Å². The fraction of sp³-hybridized carbons (Fsp3) is 0.591. The molecule has 4 aliphatic rings. The summed E-state index contributed by atoms with van der Waals surface area (Å²) in [6.45, 7) is 0. The number of carbonyl (C=O) groups excluding carboxylic acids is 3. The van der Waals surface area contributed by atoms with Gasteiger partial charge in [0.15, 0.2) is 0 Å². The zero-order valence-electron chi connectivity index (χ0n) is 15.4. The number of benzene rings is 1. The molecule has 27 heavy (non-hydrogen) atoms. The first-order chi connectivity index (χ1) is 13.1. The highest BCUT2D eigenvalue weighted by Crippen LogP contribution is 2.56. The van der Waals surface area contributed by atoms with E-state index < -0.39 is 0 Å². The summed E-state index contributed by atoms with van der Waals surface area (Å²) >= 11 is 0. The normalized spacial score (nSPS) is 32.8. The molecule has 142 valence electrons. The van der Waals surface area contributed by atoms with Crippen LogP contribution in [0.25, 0.3) is 0 Å². The second-order valence-electron chi connectivity index (χ2n) is 8.61. The highest BCUT2D eigenvalue weighted by Gasteiger charge is 2.61. The molecule has 5 nitrogen and oxygen atoms in total. The van der Waals surface area contributed by atoms with E-state index in [4.69, 9.17) is 4.74 Å². The van der Waals surface area contributed by atoms with E-state index in [1.54, 1.807) is 24.3 Å². The van der Waals surface area contributed by atoms with Crippen LogP contribution < -0.4 is 4.90 Å². The Morgan fingerprint density at radius 1 is 0.926 bits per heavy atom. The van der Waals surface area contributed by atoms with E-state index in [0.717, 1.165) is 44.9 Å². The molecule has 1 aliphatic heterocycles. The second-order valence-corrected chi connectivity index (χ2v) is 8.61. The zero-order valence-corrected chi connectivity index (χ0v) is 15.4. The van der Waals surface area contributed by atoms with Crippen molar-refractivity contribution in [2.24, 2.45) is 23.7 Å². The van der Waals surface area contributed by atoms with Crippen molar-refractivity contribution in [3.8, 4) is 0 Å². The Kier molecular flexibility index (Phi) is 4.06. The van der Waals surface area contributed by atoms with Crippen molar-refractivity contribution in [3.63, 3.8) is 0 Å². The summed E-state index contributed by atoms with van der Waals surface area (Å²) in [5, 5.41) is 0. The van der Waals surface area contributed by atoms with E-state index in [9.17, 15) is 14.4 Å². The molecular formula is C22H25NO4. The lowest BCUT2D eigenvalue weighted by Crippen LogP contribution is -2.33. The molecule has 0 radical (unpaired) electrons. The number of fused-ring (bicyclic) bond motifs is 5. The Labute approximate surface area is 159 Å². The number of ether oxygens (including phenoxy) is 1. The van der Waals surface area contributed by atoms with Crippen molar-refractivity contribution in [2.75, 3.05) is 4.90 Å². The van der Waals surface area contributed by atoms with Gasteiger partial charge in [-0.15, -0.1) is 0 Å². The fourth-order valence-electron chi connectivity index (χ4n) is 5.84. The topological polar surface area (TPSA) is 63.7 Å². The molecule has 1 aromatic rings. The molecule has 1 aromatic carbocycles. The van der Waals surface area contributed by atoms with Crippen LogP contribution in [0.1, 0.15) is 61.7 Å². The molecule has 3 saturated carbocycles. The summed E-state index contributed by atoms with van der Waals surface area (Å²) in [5.74, 6) is -0.0712. The van der Waals surface area contributed by atoms with Gasteiger partial charge in [-0.2, -0.15) is 0 Å². The lowest BCUT2D eigenvalue weighted by molar-refractivity contribution is -0.123. The van der Waals surface area contributed by atoms with Gasteiger partial charge >= 0.3 is 5.97 Å². The third-order valence-corrected chi connectivity index (χ3v) is 7.09. The van der Waals surface area contributed by atoms with Gasteiger partial charge < -0.3 is 4.74 Å². The van der Waals surface area contributed by atoms with Crippen LogP contribution in [0.2, 0.25) is 0 Å². The number of amides is 2. The van der Waals surface area contributed by atoms with Crippen LogP contribution in [0, 0.1) is 23.7 Å². The first-order valence-corrected chi connectivity index (χ1v) is 10.3. The fourth-order valence-corrected chi connectivity index (χ4v) is 5.84. The lowest BCUT2D eigenvalue weighted by atomic mass is 9.81. The molecule has 0 aromatic heterocycles. The Bertz CT molecular complexity index is 769. The Morgan fingerprint density at radius 3 is 2.26 bits per heavy atom. The molecule has 0 N–H and O–H groups in total. The summed E-state index contributed by atoms with van der Waals surface area (Å²) in [4.78, 5) is 39.8. The SMILES string of the molecule is O=C(OC1CCCCC1)c1cccc(N2C(=O)C3C4CCC(C4)C3C2=O)c1. The molecule has 2 amide bonds. The molecule has 0 spiro atoms. The summed E-state index contributed by atoms with van der Waals surface area (Å²) < 4.78 is 5.64. The van der Waals surface area contributed by atoms with Crippen molar-refractivity contribution in [2.45, 2.75) is 57.5 Å². The highest BCUT2D eigenvalue weighted by atomic mass is 16.5. The summed E-state index contributed by atoms with van der Waals surface area (Å²) in [6, 6.07) is 6.82. The Hall–Kier alpha value is -2.17. The van der Waals surface area contributed by atoms with Crippen molar-refractivity contribution in [3.05, 3.63) is 29.8 Å². The van der Waals surface area contributed by atoms with Gasteiger partial charge in [0.05, 0.1) is 23.1 Å². The molecule has 2 bridgehead atoms. The van der Waals surface area contributed by atoms with E-state index in [2.05, 4.69) is 0 Å². The Balaban J connectivity index is 1.37. The van der Waals surface area contributed by atoms with Crippen LogP contribution in [0.4, 0.5) is 5.69 Å². The van der Waals surface area contributed by atoms with E-state index in [1.807, 2.05) is 0 Å². The number of esters is 1. The number of hydrogen-bond donors (Lipinski definition) is 0. The van der Waals surface area contributed by atoms with Gasteiger partial charge in [0.2, 0.25) is 11.8 Å². The van der Waals surface area contributed by atoms with Crippen LogP contribution in [0.15, 0.2) is 24.3 Å². The zero-order chi connectivity index (χ0) is 18.5. The van der Waals surface area contributed by atoms with E-state index >= 15 is 0 Å². The minimum Gasteiger partial charge on any atom is -0.459 e. The molecule has 5 heteroatoms. The predicted octanol–water partition coefficient (Wildman–Crippen LogP) is 3.71. The standard InChI is InChI=1S/C22H25NO4/c24-20-18-13-9-10-14(11-13)19(18)21(25)23(20)16-6-4-5-15(12-16)22(26)27-17-7-2-1-3-8-17/h4-6,12-14,17-19H,1-3,7-11H2. The van der Waals surface area contributed by atoms with Gasteiger partial charge in [-0.3, -0.25) is 14.5 Å².